The summed E-state index contributed by atoms with van der Waals surface area (Å²) in [6.45, 7) is 1.06. The number of aromatic amines is 1. The Balaban J connectivity index is 1.25. The normalized spacial score (nSPS) is 30.3. The van der Waals surface area contributed by atoms with Crippen LogP contribution in [0, 0.1) is 23.2 Å². The van der Waals surface area contributed by atoms with Gasteiger partial charge in [0.15, 0.2) is 0 Å². The predicted octanol–water partition coefficient (Wildman–Crippen LogP) is 1.99. The molecule has 7 rings (SSSR count). The number of esters is 1. The minimum Gasteiger partial charge on any atom is -0.496 e. The number of methoxy groups -OCH3 is 2. The zero-order chi connectivity index (χ0) is 26.6. The summed E-state index contributed by atoms with van der Waals surface area (Å²) in [4.78, 5) is 57.1. The van der Waals surface area contributed by atoms with Crippen molar-refractivity contribution in [3.8, 4) is 5.75 Å². The van der Waals surface area contributed by atoms with E-state index in [2.05, 4.69) is 15.6 Å². The van der Waals surface area contributed by atoms with Crippen LogP contribution in [-0.2, 0) is 19.1 Å². The van der Waals surface area contributed by atoms with Crippen LogP contribution in [0.5, 0.6) is 5.75 Å². The number of carbonyl (C=O) groups is 4. The van der Waals surface area contributed by atoms with Gasteiger partial charge in [-0.05, 0) is 74.0 Å². The minimum absolute atomic E-state index is 0.122. The first-order valence-electron chi connectivity index (χ1n) is 13.4. The smallest absolute Gasteiger partial charge is 0.328 e. The van der Waals surface area contributed by atoms with Crippen LogP contribution in [0.25, 0.3) is 10.9 Å². The molecule has 1 aromatic heterocycles. The number of aromatic nitrogens is 1. The number of amides is 3. The third-order valence-electron chi connectivity index (χ3n) is 9.38. The zero-order valence-electron chi connectivity index (χ0n) is 21.7. The minimum atomic E-state index is -0.954. The fourth-order valence-electron chi connectivity index (χ4n) is 7.15. The third kappa shape index (κ3) is 4.01. The van der Waals surface area contributed by atoms with E-state index in [1.807, 2.05) is 18.2 Å². The monoisotopic (exact) mass is 522 g/mol. The molecular weight excluding hydrogens is 488 g/mol. The average Bonchev–Trinajstić information content (AvgIpc) is 3.59. The van der Waals surface area contributed by atoms with E-state index in [9.17, 15) is 19.2 Å². The van der Waals surface area contributed by atoms with Crippen LogP contribution in [0.3, 0.4) is 0 Å². The van der Waals surface area contributed by atoms with Gasteiger partial charge in [0, 0.05) is 29.9 Å². The summed E-state index contributed by atoms with van der Waals surface area (Å²) in [6.07, 6.45) is 4.83. The van der Waals surface area contributed by atoms with E-state index in [1.165, 1.54) is 26.4 Å². The Morgan fingerprint density at radius 3 is 2.63 bits per heavy atom. The summed E-state index contributed by atoms with van der Waals surface area (Å²) in [5.74, 6) is -0.0148. The number of ether oxygens (including phenoxy) is 2. The number of fused-ring (bicyclic) bond motifs is 1. The Labute approximate surface area is 220 Å². The van der Waals surface area contributed by atoms with Gasteiger partial charge in [0.25, 0.3) is 5.91 Å². The van der Waals surface area contributed by atoms with Crippen molar-refractivity contribution < 1.29 is 28.7 Å². The van der Waals surface area contributed by atoms with Gasteiger partial charge in [-0.25, -0.2) is 4.79 Å². The molecule has 5 fully saturated rings. The van der Waals surface area contributed by atoms with E-state index in [1.54, 1.807) is 18.1 Å². The van der Waals surface area contributed by atoms with E-state index >= 15 is 0 Å². The fourth-order valence-corrected chi connectivity index (χ4v) is 7.15. The molecule has 3 amide bonds. The van der Waals surface area contributed by atoms with Gasteiger partial charge < -0.3 is 30.0 Å². The van der Waals surface area contributed by atoms with Crippen molar-refractivity contribution in [2.24, 2.45) is 23.2 Å². The average molecular weight is 523 g/mol. The Bertz CT molecular complexity index is 1290. The summed E-state index contributed by atoms with van der Waals surface area (Å²) in [7, 11) is 2.86. The molecule has 38 heavy (non-hydrogen) atoms. The number of nitrogens with one attached hydrogen (secondary N) is 3. The molecule has 4 atom stereocenters. The summed E-state index contributed by atoms with van der Waals surface area (Å²) in [5, 5.41) is 6.41. The van der Waals surface area contributed by atoms with Crippen molar-refractivity contribution in [3.63, 3.8) is 0 Å². The summed E-state index contributed by atoms with van der Waals surface area (Å²) >= 11 is 0. The van der Waals surface area contributed by atoms with Gasteiger partial charge in [-0.3, -0.25) is 14.4 Å². The molecule has 10 nitrogen and oxygen atoms in total. The number of likely N-dealkylation sites (tertiary alicyclic amines) is 1. The van der Waals surface area contributed by atoms with Gasteiger partial charge in [-0.2, -0.15) is 0 Å². The second kappa shape index (κ2) is 9.32. The van der Waals surface area contributed by atoms with Crippen molar-refractivity contribution in [2.75, 3.05) is 27.3 Å². The highest BCUT2D eigenvalue weighted by atomic mass is 16.5. The molecule has 3 saturated carbocycles. The van der Waals surface area contributed by atoms with Gasteiger partial charge in [0.2, 0.25) is 11.8 Å². The lowest BCUT2D eigenvalue weighted by Crippen LogP contribution is -2.56. The van der Waals surface area contributed by atoms with E-state index in [-0.39, 0.29) is 41.4 Å². The number of hydrogen-bond donors (Lipinski definition) is 3. The molecule has 202 valence electrons. The molecule has 3 heterocycles. The van der Waals surface area contributed by atoms with Crippen molar-refractivity contribution in [3.05, 3.63) is 30.0 Å². The van der Waals surface area contributed by atoms with Crippen LogP contribution in [0.15, 0.2) is 24.3 Å². The Hall–Kier alpha value is -3.56. The van der Waals surface area contributed by atoms with Gasteiger partial charge in [0.1, 0.15) is 23.5 Å². The zero-order valence-corrected chi connectivity index (χ0v) is 21.7. The number of carbonyl (C=O) groups excluding carboxylic acids is 4. The molecule has 1 unspecified atom stereocenters. The highest BCUT2D eigenvalue weighted by Crippen LogP contribution is 2.69. The number of nitrogens with zero attached hydrogens (tertiary/aromatic N) is 1. The molecule has 10 heteroatoms. The standard InChI is InChI=1S/C28H34N4O6/c1-37-23-5-3-4-19-18(23)10-20(30-19)26(35)32-14-17(28-11-15(12-28)13-28)9-22(32)25(34)31-21(27(36)38-2)8-16-6-7-29-24(16)33/h3-5,10,15-17,21-22,30H,6-9,11-14H2,1-2H3,(H,29,33)(H,31,34)/t15?,16-,17?,21-,22-,28?/m0/s1. The highest BCUT2D eigenvalue weighted by Gasteiger charge is 2.63. The maximum atomic E-state index is 13.8. The van der Waals surface area contributed by atoms with Crippen molar-refractivity contribution in [2.45, 2.75) is 50.6 Å². The Morgan fingerprint density at radius 2 is 2.00 bits per heavy atom. The van der Waals surface area contributed by atoms with E-state index < -0.39 is 18.1 Å². The lowest BCUT2D eigenvalue weighted by Gasteiger charge is -2.65. The molecular formula is C28H34N4O6. The predicted molar refractivity (Wildman–Crippen MR) is 137 cm³/mol. The van der Waals surface area contributed by atoms with Gasteiger partial charge in [0.05, 0.1) is 14.2 Å². The molecule has 2 aromatic rings. The third-order valence-corrected chi connectivity index (χ3v) is 9.38. The largest absolute Gasteiger partial charge is 0.496 e. The van der Waals surface area contributed by atoms with Crippen molar-refractivity contribution >= 4 is 34.6 Å². The maximum absolute atomic E-state index is 13.8. The molecule has 3 N–H and O–H groups in total. The van der Waals surface area contributed by atoms with Gasteiger partial charge in [-0.1, -0.05) is 6.07 Å². The maximum Gasteiger partial charge on any atom is 0.328 e. The van der Waals surface area contributed by atoms with Crippen LogP contribution in [0.4, 0.5) is 0 Å². The number of rotatable bonds is 8. The molecule has 1 aromatic carbocycles. The quantitative estimate of drug-likeness (QED) is 0.455. The van der Waals surface area contributed by atoms with Gasteiger partial charge in [-0.15, -0.1) is 0 Å². The van der Waals surface area contributed by atoms with Crippen molar-refractivity contribution in [1.29, 1.82) is 0 Å². The van der Waals surface area contributed by atoms with Crippen LogP contribution in [-0.4, -0.2) is 73.0 Å². The Morgan fingerprint density at radius 1 is 1.21 bits per heavy atom. The summed E-state index contributed by atoms with van der Waals surface area (Å²) in [6, 6.07) is 5.69. The molecule has 3 aliphatic carbocycles. The summed E-state index contributed by atoms with van der Waals surface area (Å²) in [5.41, 5.74) is 1.41. The molecule has 0 spiro atoms. The first-order chi connectivity index (χ1) is 18.3. The second-order valence-corrected chi connectivity index (χ2v) is 11.4. The molecule has 2 aliphatic heterocycles. The molecule has 5 aliphatic rings. The van der Waals surface area contributed by atoms with Crippen LogP contribution in [0.1, 0.15) is 49.0 Å². The van der Waals surface area contributed by atoms with E-state index in [0.717, 1.165) is 16.8 Å². The SMILES string of the molecule is COC(=O)[C@H](C[C@@H]1CCNC1=O)NC(=O)[C@@H]1CC(C23CC(C2)C3)CN1C(=O)c1cc2c(OC)cccc2[nH]1. The summed E-state index contributed by atoms with van der Waals surface area (Å²) < 4.78 is 10.4. The number of hydrogen-bond acceptors (Lipinski definition) is 6. The lowest BCUT2D eigenvalue weighted by molar-refractivity contribution is -0.148. The first-order valence-corrected chi connectivity index (χ1v) is 13.4. The van der Waals surface area contributed by atoms with E-state index in [4.69, 9.17) is 9.47 Å². The van der Waals surface area contributed by atoms with Crippen molar-refractivity contribution in [1.82, 2.24) is 20.5 Å². The second-order valence-electron chi connectivity index (χ2n) is 11.4. The lowest BCUT2D eigenvalue weighted by atomic mass is 9.40. The Kier molecular flexibility index (Phi) is 6.07. The highest BCUT2D eigenvalue weighted by molar-refractivity contribution is 6.02. The van der Waals surface area contributed by atoms with Crippen LogP contribution >= 0.6 is 0 Å². The molecule has 2 saturated heterocycles. The van der Waals surface area contributed by atoms with Gasteiger partial charge >= 0.3 is 5.97 Å². The number of H-pyrrole nitrogens is 1. The topological polar surface area (TPSA) is 130 Å². The first kappa shape index (κ1) is 24.8. The van der Waals surface area contributed by atoms with Crippen LogP contribution < -0.4 is 15.4 Å². The molecule has 0 radical (unpaired) electrons. The van der Waals surface area contributed by atoms with Crippen LogP contribution in [0.2, 0.25) is 0 Å². The van der Waals surface area contributed by atoms with E-state index in [0.29, 0.717) is 37.4 Å². The molecule has 2 bridgehead atoms. The fraction of sp³-hybridized carbons (Fsp3) is 0.571. The number of benzene rings is 1.